The highest BCUT2D eigenvalue weighted by molar-refractivity contribution is 9.23. The van der Waals surface area contributed by atoms with Crippen molar-refractivity contribution in [3.05, 3.63) is 0 Å². The Balaban J connectivity index is 3.14. The number of nitrogens with zero attached hydrogens (tertiary/aromatic N) is 1. The van der Waals surface area contributed by atoms with E-state index in [1.165, 1.54) is 0 Å². The summed E-state index contributed by atoms with van der Waals surface area (Å²) in [6.07, 6.45) is 0. The van der Waals surface area contributed by atoms with Gasteiger partial charge in [-0.1, -0.05) is 13.8 Å². The number of halogens is 1. The molecule has 0 heterocycles. The second kappa shape index (κ2) is 3.83. The van der Waals surface area contributed by atoms with Crippen LogP contribution in [0.25, 0.3) is 0 Å². The van der Waals surface area contributed by atoms with Crippen LogP contribution in [0, 0.1) is 0 Å². The number of hydrogen-bond donors (Lipinski definition) is 0. The van der Waals surface area contributed by atoms with Gasteiger partial charge in [0.2, 0.25) is 8.30 Å². The van der Waals surface area contributed by atoms with Crippen molar-refractivity contribution in [1.29, 1.82) is 0 Å². The molecule has 0 atom stereocenters. The van der Waals surface area contributed by atoms with E-state index in [0.29, 0.717) is 14.3 Å². The first-order valence-electron chi connectivity index (χ1n) is 2.05. The van der Waals surface area contributed by atoms with Crippen molar-refractivity contribution in [3.63, 3.8) is 0 Å². The van der Waals surface area contributed by atoms with E-state index < -0.39 is 0 Å². The van der Waals surface area contributed by atoms with Crippen molar-refractivity contribution < 1.29 is 0 Å². The highest BCUT2D eigenvalue weighted by Crippen LogP contribution is 1.90. The lowest BCUT2D eigenvalue weighted by Crippen LogP contribution is -2.28. The van der Waals surface area contributed by atoms with Crippen LogP contribution in [0.1, 0.15) is 13.8 Å². The van der Waals surface area contributed by atoms with E-state index >= 15 is 0 Å². The molecule has 0 aliphatic heterocycles. The van der Waals surface area contributed by atoms with Crippen LogP contribution in [0.15, 0.2) is 0 Å². The Hall–Kier alpha value is 0.874. The molecule has 0 aliphatic carbocycles. The zero-order valence-corrected chi connectivity index (χ0v) is 7.99. The molecule has 4 heteroatoms. The summed E-state index contributed by atoms with van der Waals surface area (Å²) in [5.74, 6) is 0. The third-order valence-corrected chi connectivity index (χ3v) is 4.29. The molecular formula is C3H7BrNSi2. The molecule has 1 nitrogen and oxygen atoms in total. The lowest BCUT2D eigenvalue weighted by Gasteiger charge is -2.15. The summed E-state index contributed by atoms with van der Waals surface area (Å²) in [5.41, 5.74) is 0. The van der Waals surface area contributed by atoms with Gasteiger partial charge in [-0.25, -0.2) is 0 Å². The molecule has 39 valence electrons. The van der Waals surface area contributed by atoms with E-state index in [0.717, 1.165) is 0 Å². The van der Waals surface area contributed by atoms with Gasteiger partial charge in [-0.3, -0.25) is 0 Å². The van der Waals surface area contributed by atoms with Gasteiger partial charge in [0.15, 0.2) is 0 Å². The Labute approximate surface area is 58.5 Å². The van der Waals surface area contributed by atoms with Crippen molar-refractivity contribution in [3.8, 4) is 0 Å². The van der Waals surface area contributed by atoms with Crippen molar-refractivity contribution in [1.82, 2.24) is 4.23 Å². The predicted molar refractivity (Wildman–Crippen MR) is 37.4 cm³/mol. The van der Waals surface area contributed by atoms with E-state index in [1.54, 1.807) is 0 Å². The van der Waals surface area contributed by atoms with Crippen molar-refractivity contribution in [2.75, 3.05) is 0 Å². The highest BCUT2D eigenvalue weighted by Gasteiger charge is 1.98. The molecule has 0 spiro atoms. The van der Waals surface area contributed by atoms with Crippen LogP contribution in [-0.2, 0) is 0 Å². The van der Waals surface area contributed by atoms with Crippen molar-refractivity contribution in [2.45, 2.75) is 19.9 Å². The third-order valence-electron chi connectivity index (χ3n) is 0.607. The largest absolute Gasteiger partial charge is 0.339 e. The molecule has 0 saturated heterocycles. The van der Waals surface area contributed by atoms with E-state index in [4.69, 9.17) is 0 Å². The summed E-state index contributed by atoms with van der Waals surface area (Å²) < 4.78 is 2.04. The van der Waals surface area contributed by atoms with E-state index in [9.17, 15) is 0 Å². The van der Waals surface area contributed by atoms with Gasteiger partial charge in [-0.2, -0.15) is 0 Å². The monoisotopic (exact) mass is 192 g/mol. The summed E-state index contributed by atoms with van der Waals surface area (Å²) >= 11 is 3.32. The minimum absolute atomic E-state index is 0.578. The molecule has 7 heavy (non-hydrogen) atoms. The van der Waals surface area contributed by atoms with Gasteiger partial charge in [0.05, 0.1) is 0 Å². The average Bonchev–Trinajstić information content (AvgIpc) is 1.65. The summed E-state index contributed by atoms with van der Waals surface area (Å²) in [7, 11) is 4.06. The van der Waals surface area contributed by atoms with Crippen LogP contribution >= 0.6 is 15.3 Å². The molecule has 0 aliphatic rings. The maximum Gasteiger partial charge on any atom is 0.230 e. The van der Waals surface area contributed by atoms with Crippen molar-refractivity contribution in [2.24, 2.45) is 0 Å². The van der Waals surface area contributed by atoms with Crippen LogP contribution in [0.2, 0.25) is 0 Å². The van der Waals surface area contributed by atoms with Crippen molar-refractivity contribution >= 4 is 34.0 Å². The van der Waals surface area contributed by atoms with Gasteiger partial charge in [0.1, 0.15) is 10.4 Å². The first-order valence-corrected chi connectivity index (χ1v) is 5.70. The topological polar surface area (TPSA) is 3.24 Å². The zero-order valence-electron chi connectivity index (χ0n) is 4.40. The molecule has 0 aromatic rings. The normalized spacial score (nSPS) is 11.1. The fourth-order valence-electron chi connectivity index (χ4n) is 0.0976. The van der Waals surface area contributed by atoms with Gasteiger partial charge in [0.25, 0.3) is 0 Å². The molecular weight excluding hydrogens is 186 g/mol. The smallest absolute Gasteiger partial charge is 0.230 e. The summed E-state index contributed by atoms with van der Waals surface area (Å²) in [5, 5.41) is 0. The second-order valence-corrected chi connectivity index (χ2v) is 4.19. The number of hydrogen-bond acceptors (Lipinski definition) is 1. The van der Waals surface area contributed by atoms with Crippen LogP contribution in [0.5, 0.6) is 0 Å². The quantitative estimate of drug-likeness (QED) is 0.461. The van der Waals surface area contributed by atoms with Crippen LogP contribution in [0.4, 0.5) is 0 Å². The molecule has 5 radical (unpaired) electrons. The van der Waals surface area contributed by atoms with Gasteiger partial charge >= 0.3 is 0 Å². The molecule has 0 bridgehead atoms. The SMILES string of the molecule is CC(C)N([Si])[Si]Br. The maximum atomic E-state index is 3.39. The summed E-state index contributed by atoms with van der Waals surface area (Å²) in [6.45, 7) is 4.25. The zero-order chi connectivity index (χ0) is 5.86. The standard InChI is InChI=1S/C3H7BrNSi2/c1-3(2)5(6)7-4/h3H,1-2H3. The van der Waals surface area contributed by atoms with E-state index in [2.05, 4.69) is 39.5 Å². The molecule has 0 saturated carbocycles. The van der Waals surface area contributed by atoms with Gasteiger partial charge < -0.3 is 4.23 Å². The lowest BCUT2D eigenvalue weighted by atomic mass is 10.4. The van der Waals surface area contributed by atoms with E-state index in [1.807, 2.05) is 4.23 Å². The first kappa shape index (κ1) is 7.87. The molecule has 0 aromatic heterocycles. The minimum atomic E-state index is 0.578. The van der Waals surface area contributed by atoms with Gasteiger partial charge in [-0.15, -0.1) is 15.3 Å². The molecule has 0 unspecified atom stereocenters. The molecule has 0 aromatic carbocycles. The average molecular weight is 193 g/mol. The van der Waals surface area contributed by atoms with Crippen LogP contribution in [0.3, 0.4) is 0 Å². The first-order chi connectivity index (χ1) is 3.18. The second-order valence-electron chi connectivity index (χ2n) is 1.55. The Morgan fingerprint density at radius 3 is 2.14 bits per heavy atom. The molecule has 0 rings (SSSR count). The van der Waals surface area contributed by atoms with Gasteiger partial charge in [-0.05, 0) is 6.04 Å². The molecule has 0 N–H and O–H groups in total. The Morgan fingerprint density at radius 2 is 2.14 bits per heavy atom. The molecule has 0 amide bonds. The summed E-state index contributed by atoms with van der Waals surface area (Å²) in [6, 6.07) is 0.578. The maximum absolute atomic E-state index is 3.39. The van der Waals surface area contributed by atoms with E-state index in [-0.39, 0.29) is 0 Å². The predicted octanol–water partition coefficient (Wildman–Crippen LogP) is 0.709. The van der Waals surface area contributed by atoms with Crippen LogP contribution < -0.4 is 0 Å². The van der Waals surface area contributed by atoms with Crippen LogP contribution in [-0.4, -0.2) is 29.0 Å². The third kappa shape index (κ3) is 3.46. The lowest BCUT2D eigenvalue weighted by molar-refractivity contribution is 0.567. The number of rotatable bonds is 2. The van der Waals surface area contributed by atoms with Gasteiger partial charge in [0, 0.05) is 0 Å². The Kier molecular flexibility index (Phi) is 4.30. The fourth-order valence-corrected chi connectivity index (χ4v) is 1.52. The summed E-state index contributed by atoms with van der Waals surface area (Å²) in [4.78, 5) is 0. The fraction of sp³-hybridized carbons (Fsp3) is 1.00. The highest BCUT2D eigenvalue weighted by atomic mass is 79.9. The Morgan fingerprint density at radius 1 is 1.71 bits per heavy atom. The minimum Gasteiger partial charge on any atom is -0.339 e. The molecule has 0 fully saturated rings. The Bertz CT molecular complexity index is 50.2.